The van der Waals surface area contributed by atoms with E-state index in [1.807, 2.05) is 56.0 Å². The van der Waals surface area contributed by atoms with Crippen molar-refractivity contribution in [2.75, 3.05) is 5.73 Å². The number of aromatic nitrogens is 1. The van der Waals surface area contributed by atoms with Crippen LogP contribution in [0.5, 0.6) is 0 Å². The van der Waals surface area contributed by atoms with Gasteiger partial charge in [0.1, 0.15) is 17.5 Å². The molecule has 1 aromatic heterocycles. The fourth-order valence-corrected chi connectivity index (χ4v) is 2.50. The van der Waals surface area contributed by atoms with Gasteiger partial charge in [-0.25, -0.2) is 4.98 Å². The Bertz CT molecular complexity index is 695. The highest BCUT2D eigenvalue weighted by atomic mass is 79.9. The molecule has 0 bridgehead atoms. The summed E-state index contributed by atoms with van der Waals surface area (Å²) >= 11 is 3.41. The van der Waals surface area contributed by atoms with Gasteiger partial charge in [-0.3, -0.25) is 0 Å². The van der Waals surface area contributed by atoms with E-state index in [0.717, 1.165) is 27.2 Å². The minimum Gasteiger partial charge on any atom is -0.383 e. The van der Waals surface area contributed by atoms with Crippen LogP contribution < -0.4 is 5.73 Å². The zero-order valence-electron chi connectivity index (χ0n) is 11.0. The van der Waals surface area contributed by atoms with E-state index in [-0.39, 0.29) is 5.82 Å². The van der Waals surface area contributed by atoms with E-state index in [2.05, 4.69) is 27.0 Å². The van der Waals surface area contributed by atoms with Gasteiger partial charge >= 0.3 is 0 Å². The molecule has 0 amide bonds. The van der Waals surface area contributed by atoms with Crippen molar-refractivity contribution >= 4 is 21.7 Å². The standard InChI is InChI=1S/C17H11BrN3/c18-13-7-5-11(6-8-13)14-9-16(12-3-1-2-4-12)21-17(20)15(14)10-19/h1-9H,(H2,20,21). The second kappa shape index (κ2) is 5.87. The molecular weight excluding hydrogens is 326 g/mol. The molecule has 4 heteroatoms. The monoisotopic (exact) mass is 336 g/mol. The Morgan fingerprint density at radius 1 is 1.10 bits per heavy atom. The van der Waals surface area contributed by atoms with Crippen LogP contribution in [0.15, 0.2) is 34.8 Å². The summed E-state index contributed by atoms with van der Waals surface area (Å²) in [5, 5.41) is 9.36. The minimum atomic E-state index is 0.258. The van der Waals surface area contributed by atoms with E-state index in [1.165, 1.54) is 0 Å². The minimum absolute atomic E-state index is 0.258. The molecule has 1 saturated carbocycles. The van der Waals surface area contributed by atoms with Crippen LogP contribution in [0.4, 0.5) is 5.82 Å². The SMILES string of the molecule is N#Cc1c(-c2ccc(Br)cc2)cc([C]2[CH][CH][CH][CH]2)nc1N. The third kappa shape index (κ3) is 2.79. The van der Waals surface area contributed by atoms with Crippen LogP contribution in [-0.4, -0.2) is 4.98 Å². The number of benzene rings is 1. The average molecular weight is 337 g/mol. The van der Waals surface area contributed by atoms with Crippen molar-refractivity contribution in [3.8, 4) is 17.2 Å². The number of hydrogen-bond donors (Lipinski definition) is 1. The number of nitriles is 1. The van der Waals surface area contributed by atoms with E-state index in [0.29, 0.717) is 5.56 Å². The lowest BCUT2D eigenvalue weighted by atomic mass is 9.95. The number of nitrogens with zero attached hydrogens (tertiary/aromatic N) is 2. The van der Waals surface area contributed by atoms with Crippen molar-refractivity contribution < 1.29 is 0 Å². The van der Waals surface area contributed by atoms with Gasteiger partial charge in [0.2, 0.25) is 0 Å². The second-order valence-electron chi connectivity index (χ2n) is 4.61. The maximum Gasteiger partial charge on any atom is 0.142 e. The number of halogens is 1. The van der Waals surface area contributed by atoms with Crippen LogP contribution >= 0.6 is 15.9 Å². The van der Waals surface area contributed by atoms with E-state index in [4.69, 9.17) is 5.73 Å². The Balaban J connectivity index is 2.12. The van der Waals surface area contributed by atoms with Crippen molar-refractivity contribution in [2.24, 2.45) is 0 Å². The van der Waals surface area contributed by atoms with Crippen molar-refractivity contribution in [3.63, 3.8) is 0 Å². The molecule has 0 spiro atoms. The van der Waals surface area contributed by atoms with Crippen LogP contribution in [0, 0.1) is 42.9 Å². The highest BCUT2D eigenvalue weighted by Crippen LogP contribution is 2.34. The summed E-state index contributed by atoms with van der Waals surface area (Å²) in [7, 11) is 0. The van der Waals surface area contributed by atoms with Crippen molar-refractivity contribution in [1.29, 1.82) is 5.26 Å². The molecule has 0 atom stereocenters. The molecule has 1 heterocycles. The predicted octanol–water partition coefficient (Wildman–Crippen LogP) is 3.72. The molecule has 1 aliphatic carbocycles. The molecule has 101 valence electrons. The first-order chi connectivity index (χ1) is 10.2. The Hall–Kier alpha value is -1.86. The molecule has 21 heavy (non-hydrogen) atoms. The summed E-state index contributed by atoms with van der Waals surface area (Å²) in [6, 6.07) is 11.8. The molecular formula is C17H11BrN3. The first-order valence-electron chi connectivity index (χ1n) is 6.37. The average Bonchev–Trinajstić information content (AvgIpc) is 3.01. The van der Waals surface area contributed by atoms with Gasteiger partial charge in [-0.2, -0.15) is 5.26 Å². The van der Waals surface area contributed by atoms with Crippen LogP contribution in [-0.2, 0) is 0 Å². The normalized spacial score (nSPS) is 15.0. The first kappa shape index (κ1) is 14.1. The fraction of sp³-hybridized carbons (Fsp3) is 0. The van der Waals surface area contributed by atoms with Gasteiger partial charge in [-0.1, -0.05) is 28.1 Å². The summed E-state index contributed by atoms with van der Waals surface area (Å²) in [6.07, 6.45) is 7.84. The number of anilines is 1. The van der Waals surface area contributed by atoms with E-state index >= 15 is 0 Å². The maximum atomic E-state index is 9.36. The number of rotatable bonds is 2. The van der Waals surface area contributed by atoms with Crippen LogP contribution in [0.3, 0.4) is 0 Å². The number of nitrogen functional groups attached to an aromatic ring is 1. The number of nitrogens with two attached hydrogens (primary N) is 1. The summed E-state index contributed by atoms with van der Waals surface area (Å²) in [4.78, 5) is 4.34. The Labute approximate surface area is 132 Å². The topological polar surface area (TPSA) is 62.7 Å². The van der Waals surface area contributed by atoms with Gasteiger partial charge in [0.25, 0.3) is 0 Å². The molecule has 1 fully saturated rings. The molecule has 0 unspecified atom stereocenters. The summed E-state index contributed by atoms with van der Waals surface area (Å²) < 4.78 is 0.989. The zero-order chi connectivity index (χ0) is 14.8. The Morgan fingerprint density at radius 2 is 1.76 bits per heavy atom. The maximum absolute atomic E-state index is 9.36. The predicted molar refractivity (Wildman–Crippen MR) is 86.0 cm³/mol. The first-order valence-corrected chi connectivity index (χ1v) is 7.17. The molecule has 1 aromatic carbocycles. The summed E-state index contributed by atoms with van der Waals surface area (Å²) in [5.41, 5.74) is 8.89. The lowest BCUT2D eigenvalue weighted by Gasteiger charge is -2.13. The lowest BCUT2D eigenvalue weighted by Crippen LogP contribution is -2.05. The highest BCUT2D eigenvalue weighted by molar-refractivity contribution is 9.10. The summed E-state index contributed by atoms with van der Waals surface area (Å²) in [5.74, 6) is 1.25. The zero-order valence-corrected chi connectivity index (χ0v) is 12.6. The van der Waals surface area contributed by atoms with Crippen LogP contribution in [0.25, 0.3) is 11.1 Å². The molecule has 5 radical (unpaired) electrons. The van der Waals surface area contributed by atoms with Crippen LogP contribution in [0.2, 0.25) is 0 Å². The van der Waals surface area contributed by atoms with Gasteiger partial charge in [0, 0.05) is 16.0 Å². The van der Waals surface area contributed by atoms with E-state index in [1.54, 1.807) is 0 Å². The third-order valence-electron chi connectivity index (χ3n) is 3.27. The highest BCUT2D eigenvalue weighted by Gasteiger charge is 2.23. The van der Waals surface area contributed by atoms with Crippen LogP contribution in [0.1, 0.15) is 11.3 Å². The quantitative estimate of drug-likeness (QED) is 0.908. The molecule has 0 saturated heterocycles. The fourth-order valence-electron chi connectivity index (χ4n) is 2.23. The molecule has 2 aromatic rings. The summed E-state index contributed by atoms with van der Waals surface area (Å²) in [6.45, 7) is 0. The number of hydrogen-bond acceptors (Lipinski definition) is 3. The second-order valence-corrected chi connectivity index (χ2v) is 5.52. The third-order valence-corrected chi connectivity index (χ3v) is 3.80. The van der Waals surface area contributed by atoms with Gasteiger partial charge < -0.3 is 5.73 Å². The molecule has 0 aliphatic heterocycles. The molecule has 1 aliphatic rings. The number of pyridine rings is 1. The van der Waals surface area contributed by atoms with Gasteiger partial charge in [-0.05, 0) is 49.4 Å². The Kier molecular flexibility index (Phi) is 3.94. The molecule has 3 rings (SSSR count). The van der Waals surface area contributed by atoms with Gasteiger partial charge in [-0.15, -0.1) is 0 Å². The molecule has 2 N–H and O–H groups in total. The smallest absolute Gasteiger partial charge is 0.142 e. The Morgan fingerprint density at radius 3 is 2.38 bits per heavy atom. The van der Waals surface area contributed by atoms with Crippen molar-refractivity contribution in [1.82, 2.24) is 4.98 Å². The van der Waals surface area contributed by atoms with Gasteiger partial charge in [0.15, 0.2) is 0 Å². The van der Waals surface area contributed by atoms with Crippen molar-refractivity contribution in [3.05, 3.63) is 77.7 Å². The van der Waals surface area contributed by atoms with Gasteiger partial charge in [0.05, 0.1) is 5.69 Å². The van der Waals surface area contributed by atoms with Crippen molar-refractivity contribution in [2.45, 2.75) is 0 Å². The van der Waals surface area contributed by atoms with E-state index < -0.39 is 0 Å². The van der Waals surface area contributed by atoms with E-state index in [9.17, 15) is 5.26 Å². The lowest BCUT2D eigenvalue weighted by molar-refractivity contribution is 1.14. The molecule has 3 nitrogen and oxygen atoms in total. The largest absolute Gasteiger partial charge is 0.383 e.